The zero-order valence-electron chi connectivity index (χ0n) is 13.0. The third-order valence-corrected chi connectivity index (χ3v) is 5.07. The van der Waals surface area contributed by atoms with Crippen molar-refractivity contribution in [2.75, 3.05) is 13.2 Å². The summed E-state index contributed by atoms with van der Waals surface area (Å²) < 4.78 is 6.62. The van der Waals surface area contributed by atoms with Crippen molar-refractivity contribution in [3.63, 3.8) is 0 Å². The zero-order valence-corrected chi connectivity index (χ0v) is 16.2. The van der Waals surface area contributed by atoms with Gasteiger partial charge in [-0.3, -0.25) is 4.79 Å². The molecule has 0 saturated carbocycles. The number of carbonyl (C=O) groups excluding carboxylic acids is 1. The zero-order chi connectivity index (χ0) is 18.0. The second-order valence-electron chi connectivity index (χ2n) is 5.52. The summed E-state index contributed by atoms with van der Waals surface area (Å²) in [5, 5.41) is 20.2. The maximum Gasteiger partial charge on any atom is 0.189 e. The van der Waals surface area contributed by atoms with Gasteiger partial charge in [0, 0.05) is 22.3 Å². The first-order chi connectivity index (χ1) is 12.0. The molecule has 0 amide bonds. The van der Waals surface area contributed by atoms with E-state index in [0.29, 0.717) is 31.2 Å². The van der Waals surface area contributed by atoms with Crippen molar-refractivity contribution in [3.05, 3.63) is 67.6 Å². The monoisotopic (exact) mass is 464 g/mol. The summed E-state index contributed by atoms with van der Waals surface area (Å²) in [5.41, 5.74) is 1.96. The number of phenols is 2. The molecule has 0 aliphatic carbocycles. The molecule has 1 fully saturated rings. The Morgan fingerprint density at radius 1 is 0.840 bits per heavy atom. The normalized spacial score (nSPS) is 18.1. The van der Waals surface area contributed by atoms with E-state index in [2.05, 4.69) is 31.9 Å². The molecule has 3 rings (SSSR count). The van der Waals surface area contributed by atoms with E-state index < -0.39 is 0 Å². The Morgan fingerprint density at radius 3 is 1.72 bits per heavy atom. The van der Waals surface area contributed by atoms with E-state index in [9.17, 15) is 15.0 Å². The van der Waals surface area contributed by atoms with Gasteiger partial charge in [-0.05, 0) is 56.1 Å². The molecular formula is C19H14Br2O4. The van der Waals surface area contributed by atoms with Gasteiger partial charge in [0.15, 0.2) is 5.78 Å². The van der Waals surface area contributed by atoms with E-state index >= 15 is 0 Å². The second-order valence-corrected chi connectivity index (χ2v) is 7.23. The number of Topliss-reactive ketones (excluding diaryl/α,β-unsaturated/α-hetero) is 1. The number of hydrogen-bond donors (Lipinski definition) is 2. The third kappa shape index (κ3) is 3.86. The Morgan fingerprint density at radius 2 is 1.28 bits per heavy atom. The minimum atomic E-state index is -0.162. The van der Waals surface area contributed by atoms with Crippen LogP contribution in [0.3, 0.4) is 0 Å². The molecule has 2 aromatic rings. The number of rotatable bonds is 2. The molecule has 0 radical (unpaired) electrons. The molecular weight excluding hydrogens is 452 g/mol. The van der Waals surface area contributed by atoms with Crippen LogP contribution in [0.4, 0.5) is 0 Å². The number of halogens is 2. The first-order valence-corrected chi connectivity index (χ1v) is 9.04. The van der Waals surface area contributed by atoms with Crippen molar-refractivity contribution >= 4 is 49.8 Å². The number of hydrogen-bond acceptors (Lipinski definition) is 4. The maximum atomic E-state index is 12.7. The number of para-hydroxylation sites is 2. The average Bonchev–Trinajstić information content (AvgIpc) is 2.59. The lowest BCUT2D eigenvalue weighted by Gasteiger charge is -2.18. The highest BCUT2D eigenvalue weighted by Crippen LogP contribution is 2.32. The molecule has 1 heterocycles. The Balaban J connectivity index is 1.96. The van der Waals surface area contributed by atoms with Gasteiger partial charge in [0.05, 0.1) is 22.2 Å². The molecule has 128 valence electrons. The Bertz CT molecular complexity index is 829. The molecule has 1 aliphatic rings. The van der Waals surface area contributed by atoms with Crippen molar-refractivity contribution in [2.24, 2.45) is 0 Å². The number of ether oxygens (including phenoxy) is 1. The Labute approximate surface area is 161 Å². The highest BCUT2D eigenvalue weighted by Gasteiger charge is 2.22. The van der Waals surface area contributed by atoms with Crippen LogP contribution in [-0.2, 0) is 9.53 Å². The van der Waals surface area contributed by atoms with Crippen molar-refractivity contribution in [1.82, 2.24) is 0 Å². The van der Waals surface area contributed by atoms with Gasteiger partial charge < -0.3 is 14.9 Å². The van der Waals surface area contributed by atoms with Crippen LogP contribution < -0.4 is 0 Å². The van der Waals surface area contributed by atoms with E-state index in [4.69, 9.17) is 4.74 Å². The Hall–Kier alpha value is -1.89. The quantitative estimate of drug-likeness (QED) is 0.631. The van der Waals surface area contributed by atoms with Crippen LogP contribution in [0.25, 0.3) is 12.2 Å². The molecule has 1 saturated heterocycles. The van der Waals surface area contributed by atoms with Crippen molar-refractivity contribution in [1.29, 1.82) is 0 Å². The van der Waals surface area contributed by atoms with Crippen LogP contribution >= 0.6 is 31.9 Å². The summed E-state index contributed by atoms with van der Waals surface area (Å²) in [7, 11) is 0. The largest absolute Gasteiger partial charge is 0.506 e. The number of benzene rings is 2. The molecule has 0 unspecified atom stereocenters. The van der Waals surface area contributed by atoms with Crippen molar-refractivity contribution in [2.45, 2.75) is 0 Å². The van der Waals surface area contributed by atoms with E-state index in [0.717, 1.165) is 0 Å². The average molecular weight is 466 g/mol. The number of carbonyl (C=O) groups is 1. The first kappa shape index (κ1) is 17.9. The molecule has 6 heteroatoms. The predicted octanol–water partition coefficient (Wildman–Crippen LogP) is 4.69. The third-order valence-electron chi connectivity index (χ3n) is 3.79. The summed E-state index contributed by atoms with van der Waals surface area (Å²) in [4.78, 5) is 12.7. The predicted molar refractivity (Wildman–Crippen MR) is 103 cm³/mol. The van der Waals surface area contributed by atoms with Crippen LogP contribution in [0.5, 0.6) is 11.5 Å². The van der Waals surface area contributed by atoms with Gasteiger partial charge in [-0.25, -0.2) is 0 Å². The number of ketones is 1. The first-order valence-electron chi connectivity index (χ1n) is 7.46. The molecule has 0 spiro atoms. The fourth-order valence-electron chi connectivity index (χ4n) is 2.50. The Kier molecular flexibility index (Phi) is 5.42. The SMILES string of the molecule is O=C1C(=Cc2cccc(Br)c2O)COCC1=Cc1cccc(Br)c1O. The van der Waals surface area contributed by atoms with Crippen LogP contribution in [0.1, 0.15) is 11.1 Å². The van der Waals surface area contributed by atoms with Gasteiger partial charge in [-0.2, -0.15) is 0 Å². The second kappa shape index (κ2) is 7.56. The van der Waals surface area contributed by atoms with Gasteiger partial charge in [-0.15, -0.1) is 0 Å². The van der Waals surface area contributed by atoms with Gasteiger partial charge in [0.1, 0.15) is 11.5 Å². The van der Waals surface area contributed by atoms with Crippen LogP contribution in [-0.4, -0.2) is 29.2 Å². The highest BCUT2D eigenvalue weighted by molar-refractivity contribution is 9.10. The topological polar surface area (TPSA) is 66.8 Å². The lowest BCUT2D eigenvalue weighted by molar-refractivity contribution is -0.114. The van der Waals surface area contributed by atoms with Crippen LogP contribution in [0.2, 0.25) is 0 Å². The molecule has 25 heavy (non-hydrogen) atoms. The van der Waals surface area contributed by atoms with Crippen LogP contribution in [0, 0.1) is 0 Å². The molecule has 0 aromatic heterocycles. The summed E-state index contributed by atoms with van der Waals surface area (Å²) >= 11 is 6.52. The standard InChI is InChI=1S/C19H14Br2O4/c20-15-5-1-3-11(18(15)23)7-13-9-25-10-14(17(13)22)8-12-4-2-6-16(21)19(12)24/h1-8,23-24H,9-10H2. The molecule has 2 aromatic carbocycles. The van der Waals surface area contributed by atoms with Gasteiger partial charge in [0.25, 0.3) is 0 Å². The summed E-state index contributed by atoms with van der Waals surface area (Å²) in [6.45, 7) is 0.346. The smallest absolute Gasteiger partial charge is 0.189 e. The number of aromatic hydroxyl groups is 2. The molecule has 0 atom stereocenters. The maximum absolute atomic E-state index is 12.7. The molecule has 2 N–H and O–H groups in total. The summed E-state index contributed by atoms with van der Waals surface area (Å²) in [5.74, 6) is -0.0166. The fourth-order valence-corrected chi connectivity index (χ4v) is 3.26. The minimum absolute atomic E-state index is 0.0727. The summed E-state index contributed by atoms with van der Waals surface area (Å²) in [6.07, 6.45) is 3.24. The van der Waals surface area contributed by atoms with Crippen molar-refractivity contribution < 1.29 is 19.7 Å². The summed E-state index contributed by atoms with van der Waals surface area (Å²) in [6, 6.07) is 10.4. The minimum Gasteiger partial charge on any atom is -0.506 e. The van der Waals surface area contributed by atoms with E-state index in [-0.39, 0.29) is 30.5 Å². The van der Waals surface area contributed by atoms with Crippen molar-refractivity contribution in [3.8, 4) is 11.5 Å². The van der Waals surface area contributed by atoms with Gasteiger partial charge >= 0.3 is 0 Å². The highest BCUT2D eigenvalue weighted by atomic mass is 79.9. The van der Waals surface area contributed by atoms with Crippen LogP contribution in [0.15, 0.2) is 56.5 Å². The van der Waals surface area contributed by atoms with E-state index in [1.165, 1.54) is 0 Å². The van der Waals surface area contributed by atoms with Gasteiger partial charge in [0.2, 0.25) is 0 Å². The van der Waals surface area contributed by atoms with E-state index in [1.54, 1.807) is 48.6 Å². The molecule has 4 nitrogen and oxygen atoms in total. The molecule has 0 bridgehead atoms. The number of phenolic OH excluding ortho intramolecular Hbond substituents is 2. The lowest BCUT2D eigenvalue weighted by atomic mass is 9.97. The van der Waals surface area contributed by atoms with E-state index in [1.807, 2.05) is 0 Å². The molecule has 1 aliphatic heterocycles. The fraction of sp³-hybridized carbons (Fsp3) is 0.105. The van der Waals surface area contributed by atoms with Gasteiger partial charge in [-0.1, -0.05) is 24.3 Å². The lowest BCUT2D eigenvalue weighted by Crippen LogP contribution is -2.21.